The molecule has 0 spiro atoms. The number of carbonyl (C=O) groups excluding carboxylic acids is 1. The van der Waals surface area contributed by atoms with Gasteiger partial charge in [-0.3, -0.25) is 14.9 Å². The number of anilines is 1. The maximum absolute atomic E-state index is 11.7. The lowest BCUT2D eigenvalue weighted by atomic mass is 10.2. The van der Waals surface area contributed by atoms with Gasteiger partial charge in [0.15, 0.2) is 0 Å². The first kappa shape index (κ1) is 13.6. The van der Waals surface area contributed by atoms with Crippen LogP contribution in [0.25, 0.3) is 0 Å². The van der Waals surface area contributed by atoms with Gasteiger partial charge < -0.3 is 14.8 Å². The highest BCUT2D eigenvalue weighted by atomic mass is 16.6. The zero-order chi connectivity index (χ0) is 14.5. The van der Waals surface area contributed by atoms with E-state index in [1.807, 2.05) is 0 Å². The highest BCUT2D eigenvalue weighted by Crippen LogP contribution is 2.27. The fourth-order valence-electron chi connectivity index (χ4n) is 1.64. The molecule has 2 aromatic rings. The number of benzene rings is 1. The highest BCUT2D eigenvalue weighted by molar-refractivity contribution is 5.92. The number of nitro groups is 1. The minimum atomic E-state index is -0.599. The number of rotatable bonds is 5. The number of amides is 1. The van der Waals surface area contributed by atoms with E-state index in [9.17, 15) is 20.0 Å². The van der Waals surface area contributed by atoms with E-state index in [4.69, 9.17) is 4.42 Å². The molecule has 7 heteroatoms. The van der Waals surface area contributed by atoms with Crippen molar-refractivity contribution in [2.24, 2.45) is 0 Å². The summed E-state index contributed by atoms with van der Waals surface area (Å²) in [4.78, 5) is 21.7. The summed E-state index contributed by atoms with van der Waals surface area (Å²) >= 11 is 0. The molecule has 20 heavy (non-hydrogen) atoms. The van der Waals surface area contributed by atoms with Crippen molar-refractivity contribution in [2.75, 3.05) is 5.32 Å². The molecule has 2 N–H and O–H groups in total. The Labute approximate surface area is 114 Å². The molecule has 1 heterocycles. The number of phenols is 1. The number of non-ortho nitro benzene ring substituents is 1. The first-order valence-electron chi connectivity index (χ1n) is 5.86. The second-order valence-corrected chi connectivity index (χ2v) is 4.09. The first-order valence-corrected chi connectivity index (χ1v) is 5.86. The number of aryl methyl sites for hydroxylation is 1. The molecule has 1 aromatic carbocycles. The Morgan fingerprint density at radius 3 is 2.85 bits per heavy atom. The molecule has 0 aliphatic carbocycles. The van der Waals surface area contributed by atoms with Gasteiger partial charge >= 0.3 is 0 Å². The molecule has 1 amide bonds. The van der Waals surface area contributed by atoms with E-state index in [0.29, 0.717) is 12.2 Å². The molecule has 0 saturated heterocycles. The van der Waals surface area contributed by atoms with Crippen LogP contribution in [0.2, 0.25) is 0 Å². The van der Waals surface area contributed by atoms with Crippen molar-refractivity contribution in [3.63, 3.8) is 0 Å². The molecular weight excluding hydrogens is 264 g/mol. The highest BCUT2D eigenvalue weighted by Gasteiger charge is 2.12. The van der Waals surface area contributed by atoms with E-state index in [1.165, 1.54) is 12.3 Å². The van der Waals surface area contributed by atoms with E-state index >= 15 is 0 Å². The quantitative estimate of drug-likeness (QED) is 0.495. The van der Waals surface area contributed by atoms with Gasteiger partial charge in [0.25, 0.3) is 5.69 Å². The van der Waals surface area contributed by atoms with Crippen LogP contribution < -0.4 is 5.32 Å². The third-order valence-corrected chi connectivity index (χ3v) is 2.64. The monoisotopic (exact) mass is 276 g/mol. The van der Waals surface area contributed by atoms with Gasteiger partial charge in [0.2, 0.25) is 5.91 Å². The van der Waals surface area contributed by atoms with Gasteiger partial charge in [0.05, 0.1) is 16.9 Å². The molecule has 0 radical (unpaired) electrons. The Morgan fingerprint density at radius 2 is 2.20 bits per heavy atom. The Hall–Kier alpha value is -2.83. The van der Waals surface area contributed by atoms with E-state index in [0.717, 1.165) is 12.1 Å². The third kappa shape index (κ3) is 3.35. The van der Waals surface area contributed by atoms with Crippen LogP contribution in [-0.4, -0.2) is 15.9 Å². The number of nitro benzene ring substituents is 1. The van der Waals surface area contributed by atoms with E-state index in [-0.39, 0.29) is 29.5 Å². The van der Waals surface area contributed by atoms with Crippen LogP contribution in [0, 0.1) is 10.1 Å². The van der Waals surface area contributed by atoms with Crippen LogP contribution in [0.15, 0.2) is 41.0 Å². The van der Waals surface area contributed by atoms with Crippen molar-refractivity contribution in [1.29, 1.82) is 0 Å². The van der Waals surface area contributed by atoms with Crippen molar-refractivity contribution in [3.05, 3.63) is 52.5 Å². The van der Waals surface area contributed by atoms with Gasteiger partial charge in [-0.2, -0.15) is 0 Å². The molecule has 0 saturated carbocycles. The summed E-state index contributed by atoms with van der Waals surface area (Å²) in [6.45, 7) is 0. The summed E-state index contributed by atoms with van der Waals surface area (Å²) in [6, 6.07) is 6.91. The van der Waals surface area contributed by atoms with E-state index < -0.39 is 4.92 Å². The molecular formula is C13H12N2O5. The molecule has 0 unspecified atom stereocenters. The summed E-state index contributed by atoms with van der Waals surface area (Å²) in [7, 11) is 0. The van der Waals surface area contributed by atoms with Crippen LogP contribution in [-0.2, 0) is 11.2 Å². The normalized spacial score (nSPS) is 10.2. The second kappa shape index (κ2) is 5.87. The molecule has 104 valence electrons. The zero-order valence-electron chi connectivity index (χ0n) is 10.4. The van der Waals surface area contributed by atoms with Crippen LogP contribution in [0.3, 0.4) is 0 Å². The number of phenolic OH excluding ortho intramolecular Hbond substituents is 1. The lowest BCUT2D eigenvalue weighted by Gasteiger charge is -2.06. The summed E-state index contributed by atoms with van der Waals surface area (Å²) in [6.07, 6.45) is 2.07. The maximum atomic E-state index is 11.7. The SMILES string of the molecule is O=C(CCc1ccco1)Nc1cc([N+](=O)[O-])ccc1O. The second-order valence-electron chi connectivity index (χ2n) is 4.09. The minimum absolute atomic E-state index is 0.0173. The van der Waals surface area contributed by atoms with Crippen molar-refractivity contribution < 1.29 is 19.2 Å². The summed E-state index contributed by atoms with van der Waals surface area (Å²) in [5, 5.41) is 22.6. The van der Waals surface area contributed by atoms with Gasteiger partial charge in [-0.25, -0.2) is 0 Å². The predicted molar refractivity (Wildman–Crippen MR) is 70.4 cm³/mol. The van der Waals surface area contributed by atoms with Gasteiger partial charge in [0, 0.05) is 25.0 Å². The average molecular weight is 276 g/mol. The predicted octanol–water partition coefficient (Wildman–Crippen LogP) is 2.46. The Bertz CT molecular complexity index is 622. The summed E-state index contributed by atoms with van der Waals surface area (Å²) < 4.78 is 5.09. The van der Waals surface area contributed by atoms with Crippen LogP contribution in [0.5, 0.6) is 5.75 Å². The fourth-order valence-corrected chi connectivity index (χ4v) is 1.64. The van der Waals surface area contributed by atoms with Crippen molar-refractivity contribution in [2.45, 2.75) is 12.8 Å². The zero-order valence-corrected chi connectivity index (χ0v) is 10.4. The third-order valence-electron chi connectivity index (χ3n) is 2.64. The summed E-state index contributed by atoms with van der Waals surface area (Å²) in [5.74, 6) is 0.0857. The van der Waals surface area contributed by atoms with Crippen LogP contribution >= 0.6 is 0 Å². The number of carbonyl (C=O) groups is 1. The number of hydrogen-bond acceptors (Lipinski definition) is 5. The molecule has 1 aromatic heterocycles. The first-order chi connectivity index (χ1) is 9.56. The van der Waals surface area contributed by atoms with Crippen LogP contribution in [0.4, 0.5) is 11.4 Å². The standard InChI is InChI=1S/C13H12N2O5/c16-12-5-3-9(15(18)19)8-11(12)14-13(17)6-4-10-2-1-7-20-10/h1-3,5,7-8,16H,4,6H2,(H,14,17). The molecule has 0 bridgehead atoms. The largest absolute Gasteiger partial charge is 0.506 e. The van der Waals surface area contributed by atoms with Gasteiger partial charge in [-0.05, 0) is 18.2 Å². The number of nitrogens with one attached hydrogen (secondary N) is 1. The number of nitrogens with zero attached hydrogens (tertiary/aromatic N) is 1. The average Bonchev–Trinajstić information content (AvgIpc) is 2.92. The lowest BCUT2D eigenvalue weighted by Crippen LogP contribution is -2.12. The Kier molecular flexibility index (Phi) is 3.99. The van der Waals surface area contributed by atoms with Gasteiger partial charge in [0.1, 0.15) is 11.5 Å². The fraction of sp³-hybridized carbons (Fsp3) is 0.154. The number of furan rings is 1. The molecule has 0 aliphatic heterocycles. The van der Waals surface area contributed by atoms with Crippen molar-refractivity contribution in [3.8, 4) is 5.75 Å². The van der Waals surface area contributed by atoms with E-state index in [1.54, 1.807) is 12.1 Å². The number of hydrogen-bond donors (Lipinski definition) is 2. The van der Waals surface area contributed by atoms with Gasteiger partial charge in [-0.15, -0.1) is 0 Å². The van der Waals surface area contributed by atoms with Gasteiger partial charge in [-0.1, -0.05) is 0 Å². The smallest absolute Gasteiger partial charge is 0.271 e. The number of aromatic hydroxyl groups is 1. The molecule has 7 nitrogen and oxygen atoms in total. The minimum Gasteiger partial charge on any atom is -0.506 e. The molecule has 2 rings (SSSR count). The van der Waals surface area contributed by atoms with Crippen molar-refractivity contribution >= 4 is 17.3 Å². The van der Waals surface area contributed by atoms with Crippen molar-refractivity contribution in [1.82, 2.24) is 0 Å². The van der Waals surface area contributed by atoms with E-state index in [2.05, 4.69) is 5.32 Å². The molecule has 0 aliphatic rings. The molecule has 0 fully saturated rings. The maximum Gasteiger partial charge on any atom is 0.271 e. The van der Waals surface area contributed by atoms with Crippen LogP contribution in [0.1, 0.15) is 12.2 Å². The Balaban J connectivity index is 2.00. The lowest BCUT2D eigenvalue weighted by molar-refractivity contribution is -0.384. The summed E-state index contributed by atoms with van der Waals surface area (Å²) in [5.41, 5.74) is -0.187. The topological polar surface area (TPSA) is 106 Å². The Morgan fingerprint density at radius 1 is 1.40 bits per heavy atom. The molecule has 0 atom stereocenters.